The lowest BCUT2D eigenvalue weighted by atomic mass is 10.1. The summed E-state index contributed by atoms with van der Waals surface area (Å²) in [5, 5.41) is 0. The Bertz CT molecular complexity index is 511. The lowest BCUT2D eigenvalue weighted by molar-refractivity contribution is -0.114. The number of carbonyl (C=O) groups is 2. The standard InChI is InChI=1S/C14H18N2O2/c1-5-9(2)15(3)10-6-7-11-12(8-10)16(4)14(18)13(11)17/h6-9H,5H2,1-4H3. The molecule has 1 heterocycles. The average Bonchev–Trinajstić information content (AvgIpc) is 2.61. The number of amides is 1. The maximum atomic E-state index is 11.7. The van der Waals surface area contributed by atoms with Crippen molar-refractivity contribution < 1.29 is 9.59 Å². The summed E-state index contributed by atoms with van der Waals surface area (Å²) in [5.41, 5.74) is 2.24. The molecule has 1 aromatic carbocycles. The first-order valence-corrected chi connectivity index (χ1v) is 6.16. The molecule has 96 valence electrons. The van der Waals surface area contributed by atoms with Crippen LogP contribution in [0.2, 0.25) is 0 Å². The van der Waals surface area contributed by atoms with E-state index in [0.29, 0.717) is 17.3 Å². The molecule has 0 N–H and O–H groups in total. The molecule has 1 aliphatic heterocycles. The molecular weight excluding hydrogens is 228 g/mol. The zero-order valence-electron chi connectivity index (χ0n) is 11.2. The van der Waals surface area contributed by atoms with Crippen LogP contribution in [0, 0.1) is 0 Å². The van der Waals surface area contributed by atoms with Gasteiger partial charge in [0.1, 0.15) is 0 Å². The molecule has 1 amide bonds. The van der Waals surface area contributed by atoms with E-state index < -0.39 is 11.7 Å². The molecule has 0 radical (unpaired) electrons. The second kappa shape index (κ2) is 4.44. The summed E-state index contributed by atoms with van der Waals surface area (Å²) in [6.45, 7) is 4.28. The zero-order chi connectivity index (χ0) is 13.4. The molecule has 0 bridgehead atoms. The molecule has 1 aliphatic rings. The molecule has 0 aliphatic carbocycles. The fraction of sp³-hybridized carbons (Fsp3) is 0.429. The SMILES string of the molecule is CCC(C)N(C)c1ccc2c(c1)N(C)C(=O)C2=O. The van der Waals surface area contributed by atoms with E-state index in [2.05, 4.69) is 18.7 Å². The lowest BCUT2D eigenvalue weighted by Gasteiger charge is -2.26. The highest BCUT2D eigenvalue weighted by Crippen LogP contribution is 2.32. The molecule has 2 rings (SSSR count). The summed E-state index contributed by atoms with van der Waals surface area (Å²) in [6, 6.07) is 5.97. The Balaban J connectivity index is 2.40. The number of rotatable bonds is 3. The van der Waals surface area contributed by atoms with Crippen LogP contribution in [0.15, 0.2) is 18.2 Å². The zero-order valence-corrected chi connectivity index (χ0v) is 11.2. The van der Waals surface area contributed by atoms with Crippen molar-refractivity contribution in [2.75, 3.05) is 23.9 Å². The molecule has 4 heteroatoms. The van der Waals surface area contributed by atoms with Gasteiger partial charge in [-0.1, -0.05) is 6.92 Å². The molecule has 1 aromatic rings. The van der Waals surface area contributed by atoms with E-state index in [1.165, 1.54) is 4.90 Å². The van der Waals surface area contributed by atoms with Crippen LogP contribution in [0.3, 0.4) is 0 Å². The Labute approximate surface area is 107 Å². The van der Waals surface area contributed by atoms with Crippen molar-refractivity contribution in [3.05, 3.63) is 23.8 Å². The van der Waals surface area contributed by atoms with Gasteiger partial charge in [0, 0.05) is 25.8 Å². The van der Waals surface area contributed by atoms with Gasteiger partial charge >= 0.3 is 0 Å². The Hall–Kier alpha value is -1.84. The molecule has 18 heavy (non-hydrogen) atoms. The van der Waals surface area contributed by atoms with E-state index in [4.69, 9.17) is 0 Å². The van der Waals surface area contributed by atoms with Gasteiger partial charge in [-0.05, 0) is 31.5 Å². The van der Waals surface area contributed by atoms with E-state index in [9.17, 15) is 9.59 Å². The highest BCUT2D eigenvalue weighted by Gasteiger charge is 2.33. The van der Waals surface area contributed by atoms with Gasteiger partial charge in [-0.2, -0.15) is 0 Å². The first-order valence-electron chi connectivity index (χ1n) is 6.16. The van der Waals surface area contributed by atoms with Gasteiger partial charge in [0.05, 0.1) is 11.3 Å². The second-order valence-corrected chi connectivity index (χ2v) is 4.76. The summed E-state index contributed by atoms with van der Waals surface area (Å²) in [7, 11) is 3.66. The van der Waals surface area contributed by atoms with Gasteiger partial charge in [-0.15, -0.1) is 0 Å². The third kappa shape index (κ3) is 1.78. The number of anilines is 2. The van der Waals surface area contributed by atoms with E-state index in [1.54, 1.807) is 13.1 Å². The number of fused-ring (bicyclic) bond motifs is 1. The number of benzene rings is 1. The summed E-state index contributed by atoms with van der Waals surface area (Å²) in [5.74, 6) is -0.862. The monoisotopic (exact) mass is 246 g/mol. The Morgan fingerprint density at radius 1 is 1.33 bits per heavy atom. The fourth-order valence-corrected chi connectivity index (χ4v) is 2.11. The summed E-state index contributed by atoms with van der Waals surface area (Å²) in [4.78, 5) is 26.8. The van der Waals surface area contributed by atoms with Crippen LogP contribution >= 0.6 is 0 Å². The Morgan fingerprint density at radius 2 is 2.00 bits per heavy atom. The number of likely N-dealkylation sites (N-methyl/N-ethyl adjacent to an activating group) is 1. The van der Waals surface area contributed by atoms with Crippen LogP contribution in [0.4, 0.5) is 11.4 Å². The van der Waals surface area contributed by atoms with Gasteiger partial charge < -0.3 is 9.80 Å². The normalized spacial score (nSPS) is 15.9. The predicted molar refractivity (Wildman–Crippen MR) is 72.3 cm³/mol. The lowest BCUT2D eigenvalue weighted by Crippen LogP contribution is -2.28. The Kier molecular flexibility index (Phi) is 3.11. The molecule has 0 fully saturated rings. The van der Waals surface area contributed by atoms with E-state index in [-0.39, 0.29) is 0 Å². The summed E-state index contributed by atoms with van der Waals surface area (Å²) < 4.78 is 0. The van der Waals surface area contributed by atoms with Gasteiger partial charge in [0.2, 0.25) is 0 Å². The first-order chi connectivity index (χ1) is 8.47. The van der Waals surface area contributed by atoms with Crippen LogP contribution < -0.4 is 9.80 Å². The van der Waals surface area contributed by atoms with Gasteiger partial charge in [-0.25, -0.2) is 0 Å². The number of carbonyl (C=O) groups excluding carboxylic acids is 2. The van der Waals surface area contributed by atoms with E-state index in [0.717, 1.165) is 12.1 Å². The topological polar surface area (TPSA) is 40.6 Å². The minimum atomic E-state index is -0.451. The number of hydrogen-bond acceptors (Lipinski definition) is 3. The van der Waals surface area contributed by atoms with Crippen LogP contribution in [-0.2, 0) is 4.79 Å². The van der Waals surface area contributed by atoms with Crippen molar-refractivity contribution >= 4 is 23.1 Å². The molecule has 0 saturated heterocycles. The minimum absolute atomic E-state index is 0.412. The van der Waals surface area contributed by atoms with Crippen LogP contribution in [0.25, 0.3) is 0 Å². The third-order valence-electron chi connectivity index (χ3n) is 3.75. The maximum absolute atomic E-state index is 11.7. The number of ketones is 1. The number of Topliss-reactive ketones (excluding diaryl/α,β-unsaturated/α-hetero) is 1. The number of nitrogens with zero attached hydrogens (tertiary/aromatic N) is 2. The molecule has 0 aromatic heterocycles. The Morgan fingerprint density at radius 3 is 2.61 bits per heavy atom. The van der Waals surface area contributed by atoms with Crippen molar-refractivity contribution in [3.8, 4) is 0 Å². The fourth-order valence-electron chi connectivity index (χ4n) is 2.11. The van der Waals surface area contributed by atoms with Gasteiger partial charge in [-0.3, -0.25) is 9.59 Å². The predicted octanol–water partition coefficient (Wildman–Crippen LogP) is 2.08. The molecule has 0 saturated carbocycles. The van der Waals surface area contributed by atoms with Crippen LogP contribution in [-0.4, -0.2) is 31.8 Å². The smallest absolute Gasteiger partial charge is 0.299 e. The molecule has 1 atom stereocenters. The molecule has 0 spiro atoms. The van der Waals surface area contributed by atoms with Crippen LogP contribution in [0.1, 0.15) is 30.6 Å². The van der Waals surface area contributed by atoms with E-state index >= 15 is 0 Å². The largest absolute Gasteiger partial charge is 0.372 e. The van der Waals surface area contributed by atoms with Gasteiger partial charge in [0.25, 0.3) is 11.7 Å². The minimum Gasteiger partial charge on any atom is -0.372 e. The molecule has 1 unspecified atom stereocenters. The highest BCUT2D eigenvalue weighted by atomic mass is 16.2. The molecule has 4 nitrogen and oxygen atoms in total. The quantitative estimate of drug-likeness (QED) is 0.767. The van der Waals surface area contributed by atoms with Crippen molar-refractivity contribution in [1.82, 2.24) is 0 Å². The summed E-state index contributed by atoms with van der Waals surface area (Å²) >= 11 is 0. The van der Waals surface area contributed by atoms with Gasteiger partial charge in [0.15, 0.2) is 0 Å². The van der Waals surface area contributed by atoms with Crippen molar-refractivity contribution in [3.63, 3.8) is 0 Å². The average molecular weight is 246 g/mol. The number of hydrogen-bond donors (Lipinski definition) is 0. The van der Waals surface area contributed by atoms with Crippen LogP contribution in [0.5, 0.6) is 0 Å². The second-order valence-electron chi connectivity index (χ2n) is 4.76. The molecular formula is C14H18N2O2. The maximum Gasteiger partial charge on any atom is 0.299 e. The van der Waals surface area contributed by atoms with Crippen molar-refractivity contribution in [2.45, 2.75) is 26.3 Å². The first kappa shape index (κ1) is 12.6. The van der Waals surface area contributed by atoms with E-state index in [1.807, 2.05) is 19.2 Å². The van der Waals surface area contributed by atoms with Crippen molar-refractivity contribution in [1.29, 1.82) is 0 Å². The third-order valence-corrected chi connectivity index (χ3v) is 3.75. The van der Waals surface area contributed by atoms with Crippen molar-refractivity contribution in [2.24, 2.45) is 0 Å². The summed E-state index contributed by atoms with van der Waals surface area (Å²) in [6.07, 6.45) is 1.04. The highest BCUT2D eigenvalue weighted by molar-refractivity contribution is 6.52.